The molecular formula is C15H21N3O3. The Morgan fingerprint density at radius 2 is 2.05 bits per heavy atom. The van der Waals surface area contributed by atoms with Crippen LogP contribution in [0, 0.1) is 0 Å². The SMILES string of the molecule is CCOc1ccc(N2C[C@@H](NC(=O)N(C)C)CC2=O)cc1. The average molecular weight is 291 g/mol. The zero-order valence-electron chi connectivity index (χ0n) is 12.6. The molecule has 114 valence electrons. The zero-order chi connectivity index (χ0) is 15.4. The Balaban J connectivity index is 2.01. The molecule has 0 aromatic heterocycles. The van der Waals surface area contributed by atoms with E-state index in [-0.39, 0.29) is 18.0 Å². The minimum absolute atomic E-state index is 0.0169. The van der Waals surface area contributed by atoms with Crippen LogP contribution in [0.25, 0.3) is 0 Å². The Morgan fingerprint density at radius 3 is 2.62 bits per heavy atom. The van der Waals surface area contributed by atoms with E-state index < -0.39 is 0 Å². The van der Waals surface area contributed by atoms with E-state index in [4.69, 9.17) is 4.74 Å². The van der Waals surface area contributed by atoms with Crippen LogP contribution in [0.5, 0.6) is 5.75 Å². The molecule has 0 radical (unpaired) electrons. The number of benzene rings is 1. The van der Waals surface area contributed by atoms with E-state index in [0.717, 1.165) is 11.4 Å². The summed E-state index contributed by atoms with van der Waals surface area (Å²) >= 11 is 0. The van der Waals surface area contributed by atoms with Gasteiger partial charge in [-0.1, -0.05) is 0 Å². The molecule has 1 aromatic carbocycles. The molecule has 0 unspecified atom stereocenters. The first kappa shape index (κ1) is 15.2. The third-order valence-corrected chi connectivity index (χ3v) is 3.32. The van der Waals surface area contributed by atoms with E-state index in [1.54, 1.807) is 19.0 Å². The fraction of sp³-hybridized carbons (Fsp3) is 0.467. The second-order valence-corrected chi connectivity index (χ2v) is 5.18. The summed E-state index contributed by atoms with van der Waals surface area (Å²) in [6.45, 7) is 3.03. The van der Waals surface area contributed by atoms with Crippen LogP contribution in [0.15, 0.2) is 24.3 Å². The molecule has 1 fully saturated rings. The first-order chi connectivity index (χ1) is 10.0. The quantitative estimate of drug-likeness (QED) is 0.913. The van der Waals surface area contributed by atoms with Gasteiger partial charge < -0.3 is 19.9 Å². The topological polar surface area (TPSA) is 61.9 Å². The zero-order valence-corrected chi connectivity index (χ0v) is 12.6. The summed E-state index contributed by atoms with van der Waals surface area (Å²) in [5, 5.41) is 2.84. The lowest BCUT2D eigenvalue weighted by Crippen LogP contribution is -2.42. The predicted octanol–water partition coefficient (Wildman–Crippen LogP) is 1.46. The maximum atomic E-state index is 12.1. The number of anilines is 1. The lowest BCUT2D eigenvalue weighted by molar-refractivity contribution is -0.117. The lowest BCUT2D eigenvalue weighted by atomic mass is 10.2. The summed E-state index contributed by atoms with van der Waals surface area (Å²) in [7, 11) is 3.35. The Kier molecular flexibility index (Phi) is 4.67. The molecule has 1 heterocycles. The van der Waals surface area contributed by atoms with Gasteiger partial charge in [-0.2, -0.15) is 0 Å². The Labute approximate surface area is 124 Å². The van der Waals surface area contributed by atoms with E-state index in [9.17, 15) is 9.59 Å². The van der Waals surface area contributed by atoms with Crippen molar-refractivity contribution < 1.29 is 14.3 Å². The number of urea groups is 1. The van der Waals surface area contributed by atoms with Crippen LogP contribution in [0.4, 0.5) is 10.5 Å². The van der Waals surface area contributed by atoms with Gasteiger partial charge in [-0.05, 0) is 31.2 Å². The smallest absolute Gasteiger partial charge is 0.317 e. The van der Waals surface area contributed by atoms with E-state index in [2.05, 4.69) is 5.32 Å². The van der Waals surface area contributed by atoms with Crippen molar-refractivity contribution in [2.24, 2.45) is 0 Å². The third kappa shape index (κ3) is 3.65. The number of nitrogens with zero attached hydrogens (tertiary/aromatic N) is 2. The maximum absolute atomic E-state index is 12.1. The van der Waals surface area contributed by atoms with Gasteiger partial charge in [0, 0.05) is 32.7 Å². The largest absolute Gasteiger partial charge is 0.494 e. The van der Waals surface area contributed by atoms with Gasteiger partial charge in [0.25, 0.3) is 0 Å². The molecule has 1 N–H and O–H groups in total. The fourth-order valence-corrected chi connectivity index (χ4v) is 2.25. The van der Waals surface area contributed by atoms with Crippen molar-refractivity contribution in [3.63, 3.8) is 0 Å². The van der Waals surface area contributed by atoms with Crippen molar-refractivity contribution >= 4 is 17.6 Å². The first-order valence-corrected chi connectivity index (χ1v) is 7.02. The lowest BCUT2D eigenvalue weighted by Gasteiger charge is -2.19. The number of ether oxygens (including phenoxy) is 1. The average Bonchev–Trinajstić information content (AvgIpc) is 2.80. The number of carbonyl (C=O) groups is 2. The van der Waals surface area contributed by atoms with Crippen LogP contribution >= 0.6 is 0 Å². The number of hydrogen-bond donors (Lipinski definition) is 1. The molecule has 3 amide bonds. The minimum Gasteiger partial charge on any atom is -0.494 e. The first-order valence-electron chi connectivity index (χ1n) is 7.02. The summed E-state index contributed by atoms with van der Waals surface area (Å²) < 4.78 is 5.38. The van der Waals surface area contributed by atoms with Crippen molar-refractivity contribution in [2.45, 2.75) is 19.4 Å². The summed E-state index contributed by atoms with van der Waals surface area (Å²) in [5.74, 6) is 0.800. The normalized spacial score (nSPS) is 17.8. The molecule has 1 aromatic rings. The third-order valence-electron chi connectivity index (χ3n) is 3.32. The highest BCUT2D eigenvalue weighted by Gasteiger charge is 2.31. The molecule has 1 aliphatic heterocycles. The summed E-state index contributed by atoms with van der Waals surface area (Å²) in [4.78, 5) is 26.9. The van der Waals surface area contributed by atoms with Crippen molar-refractivity contribution in [1.82, 2.24) is 10.2 Å². The van der Waals surface area contributed by atoms with Gasteiger partial charge >= 0.3 is 6.03 Å². The summed E-state index contributed by atoms with van der Waals surface area (Å²) in [6, 6.07) is 7.08. The highest BCUT2D eigenvalue weighted by molar-refractivity contribution is 5.96. The van der Waals surface area contributed by atoms with Crippen molar-refractivity contribution in [3.05, 3.63) is 24.3 Å². The van der Waals surface area contributed by atoms with E-state index in [1.165, 1.54) is 4.90 Å². The molecule has 6 nitrogen and oxygen atoms in total. The van der Waals surface area contributed by atoms with Crippen LogP contribution in [-0.2, 0) is 4.79 Å². The van der Waals surface area contributed by atoms with Crippen molar-refractivity contribution in [2.75, 3.05) is 32.1 Å². The fourth-order valence-electron chi connectivity index (χ4n) is 2.25. The Bertz CT molecular complexity index is 513. The molecule has 21 heavy (non-hydrogen) atoms. The van der Waals surface area contributed by atoms with Gasteiger partial charge in [0.15, 0.2) is 0 Å². The molecule has 0 spiro atoms. The maximum Gasteiger partial charge on any atom is 0.317 e. The van der Waals surface area contributed by atoms with Crippen LogP contribution in [0.3, 0.4) is 0 Å². The number of nitrogens with one attached hydrogen (secondary N) is 1. The number of carbonyl (C=O) groups excluding carboxylic acids is 2. The molecule has 1 aliphatic rings. The van der Waals surface area contributed by atoms with Crippen molar-refractivity contribution in [3.8, 4) is 5.75 Å². The molecule has 6 heteroatoms. The monoisotopic (exact) mass is 291 g/mol. The van der Waals surface area contributed by atoms with Gasteiger partial charge in [0.1, 0.15) is 5.75 Å². The van der Waals surface area contributed by atoms with Gasteiger partial charge in [0.2, 0.25) is 5.91 Å². The van der Waals surface area contributed by atoms with Crippen LogP contribution in [0.2, 0.25) is 0 Å². The van der Waals surface area contributed by atoms with Crippen LogP contribution < -0.4 is 15.0 Å². The number of amides is 3. The second-order valence-electron chi connectivity index (χ2n) is 5.18. The Hall–Kier alpha value is -2.24. The molecule has 0 bridgehead atoms. The van der Waals surface area contributed by atoms with E-state index in [1.807, 2.05) is 31.2 Å². The van der Waals surface area contributed by atoms with Gasteiger partial charge in [-0.25, -0.2) is 4.79 Å². The van der Waals surface area contributed by atoms with Crippen LogP contribution in [-0.4, -0.2) is 50.1 Å². The summed E-state index contributed by atoms with van der Waals surface area (Å²) in [6.07, 6.45) is 0.326. The van der Waals surface area contributed by atoms with Gasteiger partial charge in [-0.3, -0.25) is 4.79 Å². The molecule has 0 aliphatic carbocycles. The predicted molar refractivity (Wildman–Crippen MR) is 80.6 cm³/mol. The molecule has 0 saturated carbocycles. The number of hydrogen-bond acceptors (Lipinski definition) is 3. The Morgan fingerprint density at radius 1 is 1.38 bits per heavy atom. The van der Waals surface area contributed by atoms with Gasteiger partial charge in [-0.15, -0.1) is 0 Å². The number of rotatable bonds is 4. The molecule has 2 rings (SSSR count). The molecular weight excluding hydrogens is 270 g/mol. The minimum atomic E-state index is -0.179. The van der Waals surface area contributed by atoms with Crippen LogP contribution in [0.1, 0.15) is 13.3 Å². The molecule has 1 saturated heterocycles. The van der Waals surface area contributed by atoms with E-state index >= 15 is 0 Å². The standard InChI is InChI=1S/C15H21N3O3/c1-4-21-13-7-5-12(6-8-13)18-10-11(9-14(18)19)16-15(20)17(2)3/h5-8,11H,4,9-10H2,1-3H3,(H,16,20)/t11-/m0/s1. The van der Waals surface area contributed by atoms with Crippen molar-refractivity contribution in [1.29, 1.82) is 0 Å². The van der Waals surface area contributed by atoms with E-state index in [0.29, 0.717) is 19.6 Å². The second kappa shape index (κ2) is 6.47. The highest BCUT2D eigenvalue weighted by Crippen LogP contribution is 2.24. The summed E-state index contributed by atoms with van der Waals surface area (Å²) in [5.41, 5.74) is 0.824. The van der Waals surface area contributed by atoms with Gasteiger partial charge in [0.05, 0.1) is 12.6 Å². The molecule has 1 atom stereocenters. The highest BCUT2D eigenvalue weighted by atomic mass is 16.5.